The molecule has 13 heavy (non-hydrogen) atoms. The average molecular weight is 178 g/mol. The Hall–Kier alpha value is -1.32. The zero-order chi connectivity index (χ0) is 9.26. The van der Waals surface area contributed by atoms with Gasteiger partial charge in [0.15, 0.2) is 0 Å². The quantitative estimate of drug-likeness (QED) is 0.715. The van der Waals surface area contributed by atoms with E-state index in [0.29, 0.717) is 11.9 Å². The summed E-state index contributed by atoms with van der Waals surface area (Å²) in [4.78, 5) is 7.92. The highest BCUT2D eigenvalue weighted by Crippen LogP contribution is 2.28. The lowest BCUT2D eigenvalue weighted by molar-refractivity contribution is 0.308. The highest BCUT2D eigenvalue weighted by Gasteiger charge is 2.25. The van der Waals surface area contributed by atoms with Gasteiger partial charge in [0, 0.05) is 12.1 Å². The van der Waals surface area contributed by atoms with E-state index in [4.69, 9.17) is 5.73 Å². The third kappa shape index (κ3) is 1.88. The van der Waals surface area contributed by atoms with E-state index in [1.165, 1.54) is 19.2 Å². The summed E-state index contributed by atoms with van der Waals surface area (Å²) in [6.07, 6.45) is 3.94. The van der Waals surface area contributed by atoms with Gasteiger partial charge in [-0.2, -0.15) is 0 Å². The van der Waals surface area contributed by atoms with Crippen molar-refractivity contribution in [2.24, 2.45) is 5.92 Å². The number of nitrogens with one attached hydrogen (secondary N) is 1. The lowest BCUT2D eigenvalue weighted by atomic mass is 9.82. The van der Waals surface area contributed by atoms with Gasteiger partial charge in [-0.15, -0.1) is 0 Å². The summed E-state index contributed by atoms with van der Waals surface area (Å²) in [6.45, 7) is 2.26. The molecule has 1 aliphatic rings. The summed E-state index contributed by atoms with van der Waals surface area (Å²) in [5.74, 6) is 2.20. The molecule has 0 radical (unpaired) electrons. The second-order valence-electron chi connectivity index (χ2n) is 3.75. The molecule has 1 aromatic heterocycles. The van der Waals surface area contributed by atoms with Gasteiger partial charge < -0.3 is 11.1 Å². The molecule has 0 unspecified atom stereocenters. The Bertz CT molecular complexity index is 293. The summed E-state index contributed by atoms with van der Waals surface area (Å²) in [6, 6.07) is 2.34. The molecule has 1 fully saturated rings. The smallest absolute Gasteiger partial charge is 0.131 e. The van der Waals surface area contributed by atoms with E-state index in [2.05, 4.69) is 22.2 Å². The molecule has 4 nitrogen and oxygen atoms in total. The van der Waals surface area contributed by atoms with Crippen molar-refractivity contribution in [1.29, 1.82) is 0 Å². The standard InChI is InChI=1S/C9H14N4/c1-6-2-7(3-6)13-9-4-8(10)11-5-12-9/h4-7H,2-3H2,1H3,(H3,10,11,12,13). The van der Waals surface area contributed by atoms with E-state index in [0.717, 1.165) is 11.7 Å². The Morgan fingerprint density at radius 2 is 2.23 bits per heavy atom. The van der Waals surface area contributed by atoms with Gasteiger partial charge in [0.2, 0.25) is 0 Å². The van der Waals surface area contributed by atoms with Gasteiger partial charge in [0.25, 0.3) is 0 Å². The van der Waals surface area contributed by atoms with Crippen molar-refractivity contribution in [1.82, 2.24) is 9.97 Å². The molecule has 70 valence electrons. The number of nitrogens with zero attached hydrogens (tertiary/aromatic N) is 2. The van der Waals surface area contributed by atoms with E-state index in [1.807, 2.05) is 0 Å². The van der Waals surface area contributed by atoms with Crippen LogP contribution in [-0.4, -0.2) is 16.0 Å². The average Bonchev–Trinajstić information content (AvgIpc) is 2.01. The first-order valence-electron chi connectivity index (χ1n) is 4.58. The normalized spacial score (nSPS) is 26.5. The van der Waals surface area contributed by atoms with Crippen LogP contribution in [0.4, 0.5) is 11.6 Å². The fraction of sp³-hybridized carbons (Fsp3) is 0.556. The van der Waals surface area contributed by atoms with Crippen molar-refractivity contribution < 1.29 is 0 Å². The van der Waals surface area contributed by atoms with Crippen LogP contribution in [0.15, 0.2) is 12.4 Å². The Morgan fingerprint density at radius 3 is 2.85 bits per heavy atom. The zero-order valence-corrected chi connectivity index (χ0v) is 7.70. The van der Waals surface area contributed by atoms with Crippen molar-refractivity contribution in [3.05, 3.63) is 12.4 Å². The summed E-state index contributed by atoms with van der Waals surface area (Å²) in [5.41, 5.74) is 5.53. The van der Waals surface area contributed by atoms with Gasteiger partial charge in [-0.25, -0.2) is 9.97 Å². The molecule has 3 N–H and O–H groups in total. The summed E-state index contributed by atoms with van der Waals surface area (Å²) < 4.78 is 0. The number of nitrogens with two attached hydrogens (primary N) is 1. The molecule has 1 heterocycles. The minimum absolute atomic E-state index is 0.518. The number of aromatic nitrogens is 2. The fourth-order valence-corrected chi connectivity index (χ4v) is 1.68. The first-order valence-corrected chi connectivity index (χ1v) is 4.58. The lowest BCUT2D eigenvalue weighted by Crippen LogP contribution is -2.34. The topological polar surface area (TPSA) is 63.8 Å². The Kier molecular flexibility index (Phi) is 2.04. The van der Waals surface area contributed by atoms with Crippen LogP contribution in [0.3, 0.4) is 0 Å². The maximum Gasteiger partial charge on any atom is 0.131 e. The Morgan fingerprint density at radius 1 is 1.46 bits per heavy atom. The Balaban J connectivity index is 1.94. The van der Waals surface area contributed by atoms with Crippen LogP contribution in [-0.2, 0) is 0 Å². The predicted molar refractivity (Wildman–Crippen MR) is 52.3 cm³/mol. The lowest BCUT2D eigenvalue weighted by Gasteiger charge is -2.33. The van der Waals surface area contributed by atoms with E-state index in [1.54, 1.807) is 6.07 Å². The number of nitrogen functional groups attached to an aromatic ring is 1. The first kappa shape index (κ1) is 8.29. The van der Waals surface area contributed by atoms with Crippen LogP contribution in [0.1, 0.15) is 19.8 Å². The highest BCUT2D eigenvalue weighted by molar-refractivity contribution is 5.44. The SMILES string of the molecule is CC1CC(Nc2cc(N)ncn2)C1. The van der Waals surface area contributed by atoms with Crippen LogP contribution in [0.2, 0.25) is 0 Å². The molecule has 0 saturated heterocycles. The van der Waals surface area contributed by atoms with Crippen LogP contribution >= 0.6 is 0 Å². The largest absolute Gasteiger partial charge is 0.384 e. The van der Waals surface area contributed by atoms with Crippen molar-refractivity contribution >= 4 is 11.6 Å². The molecule has 4 heteroatoms. The Labute approximate surface area is 77.6 Å². The van der Waals surface area contributed by atoms with Crippen molar-refractivity contribution in [3.63, 3.8) is 0 Å². The summed E-state index contributed by atoms with van der Waals surface area (Å²) in [5, 5.41) is 3.32. The number of anilines is 2. The minimum Gasteiger partial charge on any atom is -0.384 e. The monoisotopic (exact) mass is 178 g/mol. The molecule has 2 rings (SSSR count). The molecule has 1 saturated carbocycles. The molecule has 1 aliphatic carbocycles. The summed E-state index contributed by atoms with van der Waals surface area (Å²) in [7, 11) is 0. The molecule has 0 atom stereocenters. The van der Waals surface area contributed by atoms with Crippen LogP contribution in [0.25, 0.3) is 0 Å². The molecule has 0 aliphatic heterocycles. The molecule has 0 amide bonds. The number of hydrogen-bond acceptors (Lipinski definition) is 4. The van der Waals surface area contributed by atoms with E-state index >= 15 is 0 Å². The maximum atomic E-state index is 5.53. The third-order valence-electron chi connectivity index (χ3n) is 2.41. The van der Waals surface area contributed by atoms with Gasteiger partial charge in [0.05, 0.1) is 0 Å². The maximum absolute atomic E-state index is 5.53. The summed E-state index contributed by atoms with van der Waals surface area (Å²) >= 11 is 0. The minimum atomic E-state index is 0.518. The molecular weight excluding hydrogens is 164 g/mol. The van der Waals surface area contributed by atoms with E-state index < -0.39 is 0 Å². The molecule has 0 bridgehead atoms. The van der Waals surface area contributed by atoms with Gasteiger partial charge in [0.1, 0.15) is 18.0 Å². The fourth-order valence-electron chi connectivity index (χ4n) is 1.68. The molecule has 1 aromatic rings. The number of hydrogen-bond donors (Lipinski definition) is 2. The van der Waals surface area contributed by atoms with Crippen LogP contribution in [0, 0.1) is 5.92 Å². The van der Waals surface area contributed by atoms with Crippen LogP contribution in [0.5, 0.6) is 0 Å². The van der Waals surface area contributed by atoms with Gasteiger partial charge >= 0.3 is 0 Å². The number of rotatable bonds is 2. The highest BCUT2D eigenvalue weighted by atomic mass is 15.1. The van der Waals surface area contributed by atoms with E-state index in [-0.39, 0.29) is 0 Å². The predicted octanol–water partition coefficient (Wildman–Crippen LogP) is 1.27. The van der Waals surface area contributed by atoms with E-state index in [9.17, 15) is 0 Å². The second-order valence-corrected chi connectivity index (χ2v) is 3.75. The zero-order valence-electron chi connectivity index (χ0n) is 7.70. The second kappa shape index (κ2) is 3.20. The first-order chi connectivity index (χ1) is 6.24. The van der Waals surface area contributed by atoms with Crippen molar-refractivity contribution in [3.8, 4) is 0 Å². The molecule has 0 spiro atoms. The van der Waals surface area contributed by atoms with Gasteiger partial charge in [-0.3, -0.25) is 0 Å². The van der Waals surface area contributed by atoms with Crippen molar-refractivity contribution in [2.45, 2.75) is 25.8 Å². The van der Waals surface area contributed by atoms with Gasteiger partial charge in [-0.05, 0) is 18.8 Å². The molecule has 0 aromatic carbocycles. The molecular formula is C9H14N4. The van der Waals surface area contributed by atoms with Crippen LogP contribution < -0.4 is 11.1 Å². The third-order valence-corrected chi connectivity index (χ3v) is 2.41. The van der Waals surface area contributed by atoms with Crippen molar-refractivity contribution in [2.75, 3.05) is 11.1 Å². The van der Waals surface area contributed by atoms with Gasteiger partial charge in [-0.1, -0.05) is 6.92 Å².